The lowest BCUT2D eigenvalue weighted by atomic mass is 9.76. The molecule has 0 saturated heterocycles. The second-order valence-corrected chi connectivity index (χ2v) is 17.9. The van der Waals surface area contributed by atoms with Crippen molar-refractivity contribution in [1.29, 1.82) is 0 Å². The highest BCUT2D eigenvalue weighted by Crippen LogP contribution is 2.28. The molecule has 43 heavy (non-hydrogen) atoms. The highest BCUT2D eigenvalue weighted by Gasteiger charge is 2.31. The molecule has 0 saturated carbocycles. The Hall–Kier alpha value is -1.65. The SMILES string of the molecule is CC(=O)C(C)(C)C.CC(C)(C)C(=O)C(C)(C)C.CC(C)C(=O)C(C)(C)C.CCC(=O)C(C)(C)C.CCCC(=O)C(C)(C)C. The Bertz CT molecular complexity index is 816. The molecule has 5 heteroatoms. The molecule has 0 aromatic heterocycles. The van der Waals surface area contributed by atoms with Crippen LogP contribution >= 0.6 is 0 Å². The summed E-state index contributed by atoms with van der Waals surface area (Å²) in [6, 6.07) is 0. The van der Waals surface area contributed by atoms with E-state index in [4.69, 9.17) is 0 Å². The molecule has 0 radical (unpaired) electrons. The molecule has 0 amide bonds. The molecule has 0 spiro atoms. The van der Waals surface area contributed by atoms with Crippen molar-refractivity contribution in [1.82, 2.24) is 0 Å². The third-order valence-corrected chi connectivity index (χ3v) is 6.15. The maximum absolute atomic E-state index is 11.5. The van der Waals surface area contributed by atoms with Gasteiger partial charge >= 0.3 is 0 Å². The first-order valence-corrected chi connectivity index (χ1v) is 16.1. The first kappa shape index (κ1) is 51.0. The summed E-state index contributed by atoms with van der Waals surface area (Å²) < 4.78 is 0. The van der Waals surface area contributed by atoms with Gasteiger partial charge in [0.2, 0.25) is 0 Å². The molecule has 0 atom stereocenters. The van der Waals surface area contributed by atoms with Crippen molar-refractivity contribution in [2.45, 2.75) is 179 Å². The van der Waals surface area contributed by atoms with Crippen LogP contribution < -0.4 is 0 Å². The Kier molecular flexibility index (Phi) is 24.2. The minimum atomic E-state index is -0.196. The number of carbonyl (C=O) groups is 5. The van der Waals surface area contributed by atoms with Crippen molar-refractivity contribution in [3.63, 3.8) is 0 Å². The van der Waals surface area contributed by atoms with Gasteiger partial charge in [0.1, 0.15) is 28.9 Å². The lowest BCUT2D eigenvalue weighted by Crippen LogP contribution is -2.32. The van der Waals surface area contributed by atoms with Crippen molar-refractivity contribution >= 4 is 28.9 Å². The van der Waals surface area contributed by atoms with E-state index in [-0.39, 0.29) is 44.2 Å². The maximum Gasteiger partial charge on any atom is 0.143 e. The quantitative estimate of drug-likeness (QED) is 0.315. The highest BCUT2D eigenvalue weighted by atomic mass is 16.1. The Morgan fingerprint density at radius 3 is 0.767 bits per heavy atom. The van der Waals surface area contributed by atoms with Gasteiger partial charge in [0.15, 0.2) is 0 Å². The summed E-state index contributed by atoms with van der Waals surface area (Å²) in [7, 11) is 0. The number of carbonyl (C=O) groups excluding carboxylic acids is 5. The summed E-state index contributed by atoms with van der Waals surface area (Å²) >= 11 is 0. The molecule has 0 aromatic rings. The summed E-state index contributed by atoms with van der Waals surface area (Å²) in [4.78, 5) is 55.0. The van der Waals surface area contributed by atoms with Gasteiger partial charge in [-0.05, 0) is 13.3 Å². The minimum Gasteiger partial charge on any atom is -0.299 e. The lowest BCUT2D eigenvalue weighted by molar-refractivity contribution is -0.134. The van der Waals surface area contributed by atoms with Crippen LogP contribution in [0.4, 0.5) is 0 Å². The normalized spacial score (nSPS) is 12.1. The lowest BCUT2D eigenvalue weighted by Gasteiger charge is -2.26. The van der Waals surface area contributed by atoms with Crippen molar-refractivity contribution in [3.05, 3.63) is 0 Å². The van der Waals surface area contributed by atoms with Crippen LogP contribution in [-0.2, 0) is 24.0 Å². The van der Waals surface area contributed by atoms with Crippen LogP contribution in [0, 0.1) is 38.4 Å². The van der Waals surface area contributed by atoms with E-state index in [2.05, 4.69) is 0 Å². The summed E-state index contributed by atoms with van der Waals surface area (Å²) in [6.45, 7) is 44.5. The van der Waals surface area contributed by atoms with E-state index in [1.54, 1.807) is 6.92 Å². The molecule has 0 aliphatic rings. The topological polar surface area (TPSA) is 85.3 Å². The minimum absolute atomic E-state index is 0.129. The van der Waals surface area contributed by atoms with E-state index in [1.165, 1.54) is 0 Å². The smallest absolute Gasteiger partial charge is 0.143 e. The van der Waals surface area contributed by atoms with Crippen molar-refractivity contribution < 1.29 is 24.0 Å². The number of ketones is 5. The molecule has 0 aromatic carbocycles. The number of rotatable bonds is 4. The fraction of sp³-hybridized carbons (Fsp3) is 0.868. The van der Waals surface area contributed by atoms with Gasteiger partial charge < -0.3 is 0 Å². The Labute approximate surface area is 269 Å². The standard InChI is InChI=1S/C9H18O.2C8H16O.C7H14O.C6H12O/c1-8(2,3)7(10)9(4,5)6;1-6(2)7(9)8(3,4)5;1-5-6-7(9)8(2,3)4;1-5-6(8)7(2,3)4;1-5(7)6(2,3)4/h1-6H3;6H,1-5H3;5-6H2,1-4H3;5H2,1-4H3;1-4H3. The van der Waals surface area contributed by atoms with Gasteiger partial charge in [-0.2, -0.15) is 0 Å². The predicted molar refractivity (Wildman–Crippen MR) is 187 cm³/mol. The molecule has 258 valence electrons. The predicted octanol–water partition coefficient (Wildman–Crippen LogP) is 10.9. The molecule has 0 fully saturated rings. The van der Waals surface area contributed by atoms with E-state index < -0.39 is 0 Å². The van der Waals surface area contributed by atoms with Crippen LogP contribution in [0.2, 0.25) is 0 Å². The zero-order chi connectivity index (χ0) is 36.6. The number of hydrogen-bond donors (Lipinski definition) is 0. The third-order valence-electron chi connectivity index (χ3n) is 6.15. The summed E-state index contributed by atoms with van der Waals surface area (Å²) in [5, 5.41) is 0. The molecule has 0 aliphatic carbocycles. The largest absolute Gasteiger partial charge is 0.299 e. The van der Waals surface area contributed by atoms with E-state index >= 15 is 0 Å². The van der Waals surface area contributed by atoms with Crippen molar-refractivity contribution in [2.75, 3.05) is 0 Å². The maximum atomic E-state index is 11.5. The van der Waals surface area contributed by atoms with Gasteiger partial charge in [-0.15, -0.1) is 0 Å². The van der Waals surface area contributed by atoms with Crippen LogP contribution in [-0.4, -0.2) is 28.9 Å². The van der Waals surface area contributed by atoms with E-state index in [9.17, 15) is 24.0 Å². The second-order valence-electron chi connectivity index (χ2n) is 17.9. The van der Waals surface area contributed by atoms with E-state index in [0.29, 0.717) is 29.6 Å². The Balaban J connectivity index is -0.000000141. The van der Waals surface area contributed by atoms with Gasteiger partial charge in [-0.25, -0.2) is 0 Å². The number of Topliss-reactive ketones (excluding diaryl/α,β-unsaturated/α-hetero) is 5. The van der Waals surface area contributed by atoms with Crippen molar-refractivity contribution in [2.24, 2.45) is 38.4 Å². The fourth-order valence-electron chi connectivity index (χ4n) is 3.12. The number of hydrogen-bond acceptors (Lipinski definition) is 5. The molecule has 0 N–H and O–H groups in total. The van der Waals surface area contributed by atoms with Crippen molar-refractivity contribution in [3.8, 4) is 0 Å². The molecule has 0 aliphatic heterocycles. The summed E-state index contributed by atoms with van der Waals surface area (Å²) in [5.74, 6) is 1.77. The van der Waals surface area contributed by atoms with Crippen LogP contribution in [0.5, 0.6) is 0 Å². The first-order valence-electron chi connectivity index (χ1n) is 16.1. The van der Waals surface area contributed by atoms with Gasteiger partial charge in [0.05, 0.1) is 0 Å². The molecule has 0 rings (SSSR count). The molecular weight excluding hydrogens is 536 g/mol. The van der Waals surface area contributed by atoms with Gasteiger partial charge in [0.25, 0.3) is 0 Å². The van der Waals surface area contributed by atoms with Crippen LogP contribution in [0.1, 0.15) is 179 Å². The molecule has 0 heterocycles. The zero-order valence-electron chi connectivity index (χ0n) is 33.2. The third kappa shape index (κ3) is 31.6. The van der Waals surface area contributed by atoms with Crippen LogP contribution in [0.15, 0.2) is 0 Å². The molecule has 0 bridgehead atoms. The van der Waals surface area contributed by atoms with Gasteiger partial charge in [-0.3, -0.25) is 24.0 Å². The Morgan fingerprint density at radius 1 is 0.465 bits per heavy atom. The molecular formula is C38H76O5. The highest BCUT2D eigenvalue weighted by molar-refractivity contribution is 5.88. The summed E-state index contributed by atoms with van der Waals surface area (Å²) in [6.07, 6.45) is 2.35. The average Bonchev–Trinajstić information content (AvgIpc) is 2.75. The monoisotopic (exact) mass is 613 g/mol. The molecule has 0 unspecified atom stereocenters. The van der Waals surface area contributed by atoms with Gasteiger partial charge in [-0.1, -0.05) is 152 Å². The van der Waals surface area contributed by atoms with Crippen LogP contribution in [0.25, 0.3) is 0 Å². The first-order chi connectivity index (χ1) is 18.4. The van der Waals surface area contributed by atoms with E-state index in [0.717, 1.165) is 12.8 Å². The van der Waals surface area contributed by atoms with Gasteiger partial charge in [0, 0.05) is 51.2 Å². The van der Waals surface area contributed by atoms with Crippen LogP contribution in [0.3, 0.4) is 0 Å². The fourth-order valence-corrected chi connectivity index (χ4v) is 3.12. The molecule has 5 nitrogen and oxygen atoms in total. The van der Waals surface area contributed by atoms with E-state index in [1.807, 2.05) is 152 Å². The average molecular weight is 613 g/mol. The second kappa shape index (κ2) is 20.4. The zero-order valence-corrected chi connectivity index (χ0v) is 33.2. The Morgan fingerprint density at radius 2 is 0.744 bits per heavy atom. The summed E-state index contributed by atoms with van der Waals surface area (Å²) in [5.41, 5.74) is -0.949.